The van der Waals surface area contributed by atoms with Crippen LogP contribution in [-0.2, 0) is 0 Å². The zero-order chi connectivity index (χ0) is 11.8. The monoisotopic (exact) mass is 276 g/mol. The fraction of sp³-hybridized carbons (Fsp3) is 0.500. The fourth-order valence-electron chi connectivity index (χ4n) is 2.05. The van der Waals surface area contributed by atoms with Gasteiger partial charge in [-0.25, -0.2) is 0 Å². The second-order valence-corrected chi connectivity index (χ2v) is 6.78. The van der Waals surface area contributed by atoms with Crippen LogP contribution in [0.15, 0.2) is 18.2 Å². The third-order valence-corrected chi connectivity index (χ3v) is 5.41. The maximum absolute atomic E-state index is 10.4. The van der Waals surface area contributed by atoms with Gasteiger partial charge in [-0.15, -0.1) is 0 Å². The first-order valence-corrected chi connectivity index (χ1v) is 7.04. The zero-order valence-corrected chi connectivity index (χ0v) is 11.4. The molecule has 1 aromatic carbocycles. The smallest absolute Gasteiger partial charge is 0.0934 e. The quantitative estimate of drug-likeness (QED) is 0.869. The first kappa shape index (κ1) is 12.6. The highest BCUT2D eigenvalue weighted by atomic mass is 35.5. The standard InChI is InChI=1S/C12H14Cl2OS/c1-12(5-2-6-16-12)11(15)8-3-4-9(13)10(14)7-8/h3-4,7,11,15H,2,5-6H2,1H3. The number of aliphatic hydroxyl groups is 1. The maximum atomic E-state index is 10.4. The fourth-order valence-corrected chi connectivity index (χ4v) is 3.70. The molecule has 1 aromatic rings. The van der Waals surface area contributed by atoms with Gasteiger partial charge < -0.3 is 5.11 Å². The van der Waals surface area contributed by atoms with Crippen LogP contribution in [0.3, 0.4) is 0 Å². The first-order valence-electron chi connectivity index (χ1n) is 5.30. The Balaban J connectivity index is 2.26. The Bertz CT molecular complexity index is 389. The van der Waals surface area contributed by atoms with Gasteiger partial charge >= 0.3 is 0 Å². The molecule has 4 heteroatoms. The molecule has 0 aromatic heterocycles. The molecule has 2 rings (SSSR count). The molecule has 0 aliphatic carbocycles. The Morgan fingerprint density at radius 1 is 1.38 bits per heavy atom. The van der Waals surface area contributed by atoms with E-state index in [9.17, 15) is 5.11 Å². The van der Waals surface area contributed by atoms with Crippen molar-refractivity contribution in [3.05, 3.63) is 33.8 Å². The lowest BCUT2D eigenvalue weighted by molar-refractivity contribution is 0.135. The molecule has 0 saturated carbocycles. The van der Waals surface area contributed by atoms with Gasteiger partial charge in [0.25, 0.3) is 0 Å². The van der Waals surface area contributed by atoms with Gasteiger partial charge in [-0.1, -0.05) is 29.3 Å². The van der Waals surface area contributed by atoms with Crippen molar-refractivity contribution in [3.8, 4) is 0 Å². The lowest BCUT2D eigenvalue weighted by Gasteiger charge is -2.29. The molecule has 1 nitrogen and oxygen atoms in total. The Morgan fingerprint density at radius 3 is 2.69 bits per heavy atom. The SMILES string of the molecule is CC1(C(O)c2ccc(Cl)c(Cl)c2)CCCS1. The van der Waals surface area contributed by atoms with Crippen LogP contribution in [0.1, 0.15) is 31.4 Å². The molecule has 88 valence electrons. The number of benzene rings is 1. The van der Waals surface area contributed by atoms with Gasteiger partial charge in [0.2, 0.25) is 0 Å². The average molecular weight is 277 g/mol. The highest BCUT2D eigenvalue weighted by molar-refractivity contribution is 8.00. The number of hydrogen-bond donors (Lipinski definition) is 1. The van der Waals surface area contributed by atoms with Crippen LogP contribution in [-0.4, -0.2) is 15.6 Å². The minimum atomic E-state index is -0.477. The largest absolute Gasteiger partial charge is 0.387 e. The van der Waals surface area contributed by atoms with Crippen molar-refractivity contribution in [3.63, 3.8) is 0 Å². The van der Waals surface area contributed by atoms with E-state index in [0.717, 1.165) is 17.7 Å². The molecule has 16 heavy (non-hydrogen) atoms. The second kappa shape index (κ2) is 4.77. The summed E-state index contributed by atoms with van der Waals surface area (Å²) in [6.45, 7) is 2.11. The minimum Gasteiger partial charge on any atom is -0.387 e. The topological polar surface area (TPSA) is 20.2 Å². The summed E-state index contributed by atoms with van der Waals surface area (Å²) in [5.41, 5.74) is 0.853. The number of thioether (sulfide) groups is 1. The summed E-state index contributed by atoms with van der Waals surface area (Å²) in [5.74, 6) is 1.12. The number of hydrogen-bond acceptors (Lipinski definition) is 2. The van der Waals surface area contributed by atoms with E-state index in [2.05, 4.69) is 6.92 Å². The first-order chi connectivity index (χ1) is 7.53. The highest BCUT2D eigenvalue weighted by Crippen LogP contribution is 2.47. The molecule has 0 spiro atoms. The Kier molecular flexibility index (Phi) is 3.75. The normalized spacial score (nSPS) is 27.0. The van der Waals surface area contributed by atoms with Crippen molar-refractivity contribution in [2.24, 2.45) is 0 Å². The highest BCUT2D eigenvalue weighted by Gasteiger charge is 2.37. The van der Waals surface area contributed by atoms with Crippen LogP contribution < -0.4 is 0 Å². The van der Waals surface area contributed by atoms with Crippen LogP contribution in [0, 0.1) is 0 Å². The molecule has 1 fully saturated rings. The van der Waals surface area contributed by atoms with Crippen molar-refractivity contribution in [1.82, 2.24) is 0 Å². The minimum absolute atomic E-state index is 0.0862. The molecule has 2 atom stereocenters. The number of rotatable bonds is 2. The van der Waals surface area contributed by atoms with Crippen LogP contribution in [0.4, 0.5) is 0 Å². The summed E-state index contributed by atoms with van der Waals surface area (Å²) in [6.07, 6.45) is 1.73. The summed E-state index contributed by atoms with van der Waals surface area (Å²) in [6, 6.07) is 5.35. The summed E-state index contributed by atoms with van der Waals surface area (Å²) >= 11 is 13.7. The van der Waals surface area contributed by atoms with Crippen molar-refractivity contribution < 1.29 is 5.11 Å². The van der Waals surface area contributed by atoms with Gasteiger partial charge in [0.1, 0.15) is 0 Å². The van der Waals surface area contributed by atoms with E-state index in [-0.39, 0.29) is 4.75 Å². The molecule has 1 aliphatic rings. The molecule has 1 heterocycles. The van der Waals surface area contributed by atoms with Gasteiger partial charge in [0.15, 0.2) is 0 Å². The summed E-state index contributed by atoms with van der Waals surface area (Å²) in [7, 11) is 0. The van der Waals surface area contributed by atoms with Crippen molar-refractivity contribution in [2.75, 3.05) is 5.75 Å². The van der Waals surface area contributed by atoms with Crippen LogP contribution >= 0.6 is 35.0 Å². The maximum Gasteiger partial charge on any atom is 0.0934 e. The average Bonchev–Trinajstić information content (AvgIpc) is 2.70. The molecule has 0 bridgehead atoms. The van der Waals surface area contributed by atoms with E-state index >= 15 is 0 Å². The van der Waals surface area contributed by atoms with Gasteiger partial charge in [-0.3, -0.25) is 0 Å². The lowest BCUT2D eigenvalue weighted by Crippen LogP contribution is -2.26. The van der Waals surface area contributed by atoms with Crippen LogP contribution in [0.5, 0.6) is 0 Å². The predicted molar refractivity (Wildman–Crippen MR) is 71.5 cm³/mol. The van der Waals surface area contributed by atoms with Gasteiger partial charge in [0, 0.05) is 4.75 Å². The summed E-state index contributed by atoms with van der Waals surface area (Å²) < 4.78 is -0.0862. The zero-order valence-electron chi connectivity index (χ0n) is 9.04. The van der Waals surface area contributed by atoms with E-state index in [1.54, 1.807) is 12.1 Å². The van der Waals surface area contributed by atoms with Gasteiger partial charge in [-0.05, 0) is 43.2 Å². The van der Waals surface area contributed by atoms with E-state index in [0.29, 0.717) is 10.0 Å². The molecular weight excluding hydrogens is 263 g/mol. The molecule has 1 saturated heterocycles. The van der Waals surface area contributed by atoms with Gasteiger partial charge in [0.05, 0.1) is 16.1 Å². The molecule has 0 radical (unpaired) electrons. The molecule has 1 N–H and O–H groups in total. The molecule has 0 amide bonds. The van der Waals surface area contributed by atoms with E-state index in [4.69, 9.17) is 23.2 Å². The van der Waals surface area contributed by atoms with Crippen LogP contribution in [0.2, 0.25) is 10.0 Å². The summed E-state index contributed by atoms with van der Waals surface area (Å²) in [4.78, 5) is 0. The Labute approximate surface area is 110 Å². The summed E-state index contributed by atoms with van der Waals surface area (Å²) in [5, 5.41) is 11.4. The lowest BCUT2D eigenvalue weighted by atomic mass is 9.93. The van der Waals surface area contributed by atoms with Crippen molar-refractivity contribution in [1.29, 1.82) is 0 Å². The van der Waals surface area contributed by atoms with E-state index in [1.165, 1.54) is 6.42 Å². The third kappa shape index (κ3) is 2.35. The Morgan fingerprint density at radius 2 is 2.12 bits per heavy atom. The van der Waals surface area contributed by atoms with Crippen molar-refractivity contribution in [2.45, 2.75) is 30.6 Å². The van der Waals surface area contributed by atoms with Crippen molar-refractivity contribution >= 4 is 35.0 Å². The third-order valence-electron chi connectivity index (χ3n) is 3.09. The molecule has 1 aliphatic heterocycles. The Hall–Kier alpha value is 0.110. The number of halogens is 2. The second-order valence-electron chi connectivity index (χ2n) is 4.34. The molecular formula is C12H14Cl2OS. The van der Waals surface area contributed by atoms with E-state index in [1.807, 2.05) is 17.8 Å². The van der Waals surface area contributed by atoms with Crippen LogP contribution in [0.25, 0.3) is 0 Å². The predicted octanol–water partition coefficient (Wildman–Crippen LogP) is 4.31. The van der Waals surface area contributed by atoms with Gasteiger partial charge in [-0.2, -0.15) is 11.8 Å². The number of aliphatic hydroxyl groups excluding tert-OH is 1. The molecule has 2 unspecified atom stereocenters. The van der Waals surface area contributed by atoms with E-state index < -0.39 is 6.10 Å².